The lowest BCUT2D eigenvalue weighted by molar-refractivity contribution is 0.1000. The Morgan fingerprint density at radius 1 is 1.21 bits per heavy atom. The fraction of sp³-hybridized carbons (Fsp3) is 0.111. The maximum absolute atomic E-state index is 11.5. The van der Waals surface area contributed by atoms with Crippen LogP contribution in [0.5, 0.6) is 0 Å². The molecule has 1 heterocycles. The number of nitrogens with one attached hydrogen (secondary N) is 1. The first kappa shape index (κ1) is 8.96. The summed E-state index contributed by atoms with van der Waals surface area (Å²) in [6.45, 7) is 0. The molecule has 0 aliphatic carbocycles. The number of benzene rings is 1. The van der Waals surface area contributed by atoms with Gasteiger partial charge in [-0.2, -0.15) is 8.42 Å². The van der Waals surface area contributed by atoms with Gasteiger partial charge in [-0.25, -0.2) is 0 Å². The van der Waals surface area contributed by atoms with Crippen LogP contribution in [0.2, 0.25) is 0 Å². The smallest absolute Gasteiger partial charge is 0.234 e. The molecule has 0 saturated heterocycles. The first-order valence-electron chi connectivity index (χ1n) is 4.03. The molecule has 1 N–H and O–H groups in total. The second-order valence-corrected chi connectivity index (χ2v) is 3.89. The molecule has 0 fully saturated rings. The van der Waals surface area contributed by atoms with E-state index >= 15 is 0 Å². The molecule has 14 heavy (non-hydrogen) atoms. The summed E-state index contributed by atoms with van der Waals surface area (Å²) >= 11 is 0. The number of anilines is 1. The third-order valence-corrected chi connectivity index (χ3v) is 2.67. The van der Waals surface area contributed by atoms with Crippen molar-refractivity contribution in [2.75, 3.05) is 5.32 Å². The number of fused-ring (bicyclic) bond motifs is 1. The van der Waals surface area contributed by atoms with Crippen LogP contribution in [-0.4, -0.2) is 19.2 Å². The molecular weight excluding hydrogens is 202 g/mol. The summed E-state index contributed by atoms with van der Waals surface area (Å²) in [7, 11) is -2.35. The van der Waals surface area contributed by atoms with E-state index in [1.54, 1.807) is 24.3 Å². The number of carbonyl (C=O) groups is 1. The van der Waals surface area contributed by atoms with Crippen LogP contribution < -0.4 is 5.32 Å². The molecule has 0 spiro atoms. The van der Waals surface area contributed by atoms with Crippen molar-refractivity contribution in [2.45, 2.75) is 6.42 Å². The van der Waals surface area contributed by atoms with Crippen molar-refractivity contribution in [3.63, 3.8) is 0 Å². The van der Waals surface area contributed by atoms with Crippen molar-refractivity contribution < 1.29 is 13.2 Å². The molecule has 1 aliphatic rings. The third kappa shape index (κ3) is 1.42. The molecule has 1 aromatic rings. The van der Waals surface area contributed by atoms with Gasteiger partial charge in [-0.05, 0) is 12.1 Å². The fourth-order valence-corrected chi connectivity index (χ4v) is 1.81. The number of hydrogen-bond acceptors (Lipinski definition) is 3. The minimum absolute atomic E-state index is 0.0358. The Morgan fingerprint density at radius 3 is 2.64 bits per heavy atom. The molecule has 0 bridgehead atoms. The van der Waals surface area contributed by atoms with Gasteiger partial charge in [0.25, 0.3) is 0 Å². The van der Waals surface area contributed by atoms with Crippen molar-refractivity contribution in [1.82, 2.24) is 0 Å². The van der Waals surface area contributed by atoms with Gasteiger partial charge < -0.3 is 5.32 Å². The number of hydrogen-bond donors (Lipinski definition) is 1. The van der Waals surface area contributed by atoms with Crippen molar-refractivity contribution in [3.8, 4) is 0 Å². The lowest BCUT2D eigenvalue weighted by atomic mass is 10.0. The van der Waals surface area contributed by atoms with E-state index < -0.39 is 10.3 Å². The maximum atomic E-state index is 11.5. The first-order valence-corrected chi connectivity index (χ1v) is 5.10. The van der Waals surface area contributed by atoms with Gasteiger partial charge in [0.1, 0.15) is 4.99 Å². The molecule has 0 saturated carbocycles. The fourth-order valence-electron chi connectivity index (χ4n) is 1.37. The second-order valence-electron chi connectivity index (χ2n) is 2.93. The van der Waals surface area contributed by atoms with E-state index in [1.807, 2.05) is 0 Å². The number of ketones is 1. The first-order chi connectivity index (χ1) is 6.68. The van der Waals surface area contributed by atoms with Crippen LogP contribution in [0, 0.1) is 0 Å². The van der Waals surface area contributed by atoms with Crippen molar-refractivity contribution in [1.29, 1.82) is 0 Å². The minimum Gasteiger partial charge on any atom is -0.345 e. The predicted molar refractivity (Wildman–Crippen MR) is 52.9 cm³/mol. The van der Waals surface area contributed by atoms with Crippen LogP contribution in [-0.2, 0) is 10.3 Å². The summed E-state index contributed by atoms with van der Waals surface area (Å²) in [5, 5.41) is 2.71. The van der Waals surface area contributed by atoms with Crippen LogP contribution in [0.25, 0.3) is 0 Å². The highest BCUT2D eigenvalue weighted by Crippen LogP contribution is 2.21. The molecule has 72 valence electrons. The Bertz CT molecular complexity index is 523. The molecule has 5 heteroatoms. The lowest BCUT2D eigenvalue weighted by Gasteiger charge is -2.16. The summed E-state index contributed by atoms with van der Waals surface area (Å²) in [5.41, 5.74) is 1.10. The van der Waals surface area contributed by atoms with E-state index in [1.165, 1.54) is 0 Å². The Labute approximate surface area is 82.1 Å². The van der Waals surface area contributed by atoms with Crippen molar-refractivity contribution in [3.05, 3.63) is 29.8 Å². The molecule has 0 amide bonds. The molecular formula is C9H7NO3S. The number of rotatable bonds is 0. The van der Waals surface area contributed by atoms with Gasteiger partial charge in [0.15, 0.2) is 5.78 Å². The van der Waals surface area contributed by atoms with Gasteiger partial charge in [-0.1, -0.05) is 12.1 Å². The topological polar surface area (TPSA) is 63.2 Å². The van der Waals surface area contributed by atoms with Crippen molar-refractivity contribution >= 4 is 26.8 Å². The van der Waals surface area contributed by atoms with E-state index in [-0.39, 0.29) is 17.2 Å². The zero-order valence-corrected chi connectivity index (χ0v) is 7.97. The Morgan fingerprint density at radius 2 is 1.93 bits per heavy atom. The minimum atomic E-state index is -2.35. The molecule has 4 nitrogen and oxygen atoms in total. The van der Waals surface area contributed by atoms with Gasteiger partial charge in [0, 0.05) is 11.3 Å². The maximum Gasteiger partial charge on any atom is 0.234 e. The number of para-hydroxylation sites is 1. The molecule has 0 aromatic heterocycles. The van der Waals surface area contributed by atoms with Crippen LogP contribution in [0.3, 0.4) is 0 Å². The van der Waals surface area contributed by atoms with Gasteiger partial charge in [-0.15, -0.1) is 0 Å². The third-order valence-electron chi connectivity index (χ3n) is 2.02. The van der Waals surface area contributed by atoms with Crippen molar-refractivity contribution in [2.24, 2.45) is 0 Å². The van der Waals surface area contributed by atoms with Crippen LogP contribution in [0.1, 0.15) is 16.8 Å². The van der Waals surface area contributed by atoms with Crippen LogP contribution >= 0.6 is 0 Å². The van der Waals surface area contributed by atoms with Gasteiger partial charge in [0.05, 0.1) is 6.42 Å². The molecule has 2 rings (SSSR count). The highest BCUT2D eigenvalue weighted by Gasteiger charge is 2.21. The predicted octanol–water partition coefficient (Wildman–Crippen LogP) is 0.694. The quantitative estimate of drug-likeness (QED) is 0.639. The van der Waals surface area contributed by atoms with Gasteiger partial charge >= 0.3 is 0 Å². The molecule has 1 aliphatic heterocycles. The van der Waals surface area contributed by atoms with E-state index in [0.717, 1.165) is 0 Å². The summed E-state index contributed by atoms with van der Waals surface area (Å²) in [5.74, 6) is -0.168. The summed E-state index contributed by atoms with van der Waals surface area (Å²) < 4.78 is 21.3. The summed E-state index contributed by atoms with van der Waals surface area (Å²) in [4.78, 5) is 11.5. The molecule has 0 atom stereocenters. The van der Waals surface area contributed by atoms with Gasteiger partial charge in [-0.3, -0.25) is 4.79 Å². The Kier molecular flexibility index (Phi) is 2.09. The monoisotopic (exact) mass is 209 g/mol. The van der Waals surface area contributed by atoms with E-state index in [9.17, 15) is 13.2 Å². The molecule has 0 radical (unpaired) electrons. The SMILES string of the molecule is O=C1CC(=S(=O)=O)Nc2ccccc21. The molecule has 1 aromatic carbocycles. The van der Waals surface area contributed by atoms with Crippen LogP contribution in [0.15, 0.2) is 24.3 Å². The summed E-state index contributed by atoms with van der Waals surface area (Å²) in [6, 6.07) is 6.85. The average Bonchev–Trinajstić information content (AvgIpc) is 2.17. The van der Waals surface area contributed by atoms with E-state index in [4.69, 9.17) is 0 Å². The number of Topliss-reactive ketones (excluding diaryl/α,β-unsaturated/α-hetero) is 1. The van der Waals surface area contributed by atoms with E-state index in [2.05, 4.69) is 5.32 Å². The average molecular weight is 209 g/mol. The van der Waals surface area contributed by atoms with Gasteiger partial charge in [0.2, 0.25) is 10.3 Å². The normalized spacial score (nSPS) is 14.6. The lowest BCUT2D eigenvalue weighted by Crippen LogP contribution is -2.24. The Balaban J connectivity index is 2.59. The number of carbonyl (C=O) groups excluding carboxylic acids is 1. The zero-order chi connectivity index (χ0) is 10.1. The van der Waals surface area contributed by atoms with E-state index in [0.29, 0.717) is 11.3 Å². The largest absolute Gasteiger partial charge is 0.345 e. The Hall–Kier alpha value is -1.62. The van der Waals surface area contributed by atoms with Crippen LogP contribution in [0.4, 0.5) is 5.69 Å². The standard InChI is InChI=1S/C9H7NO3S/c11-8-5-9(14(12)13)10-7-4-2-1-3-6(7)8/h1-4,10H,5H2. The highest BCUT2D eigenvalue weighted by molar-refractivity contribution is 7.73. The summed E-state index contributed by atoms with van der Waals surface area (Å²) in [6.07, 6.45) is -0.0763. The highest BCUT2D eigenvalue weighted by atomic mass is 32.2. The second kappa shape index (κ2) is 3.26. The zero-order valence-electron chi connectivity index (χ0n) is 7.15. The molecule has 0 unspecified atom stereocenters.